The Morgan fingerprint density at radius 1 is 1.53 bits per heavy atom. The zero-order valence-electron chi connectivity index (χ0n) is 9.47. The average Bonchev–Trinajstić information content (AvgIpc) is 2.98. The highest BCUT2D eigenvalue weighted by atomic mass is 32.1. The van der Waals surface area contributed by atoms with Crippen molar-refractivity contribution < 1.29 is 9.26 Å². The predicted molar refractivity (Wildman–Crippen MR) is 63.9 cm³/mol. The molecule has 1 unspecified atom stereocenters. The summed E-state index contributed by atoms with van der Waals surface area (Å²) in [4.78, 5) is 5.44. The van der Waals surface area contributed by atoms with Crippen LogP contribution in [0.2, 0.25) is 0 Å². The van der Waals surface area contributed by atoms with Gasteiger partial charge in [-0.2, -0.15) is 4.98 Å². The molecule has 0 aliphatic carbocycles. The minimum absolute atomic E-state index is 0.0958. The molecule has 1 fully saturated rings. The van der Waals surface area contributed by atoms with Crippen molar-refractivity contribution in [2.24, 2.45) is 0 Å². The lowest BCUT2D eigenvalue weighted by atomic mass is 10.3. The van der Waals surface area contributed by atoms with Crippen molar-refractivity contribution in [1.82, 2.24) is 15.5 Å². The van der Waals surface area contributed by atoms with E-state index >= 15 is 0 Å². The quantitative estimate of drug-likeness (QED) is 0.881. The summed E-state index contributed by atoms with van der Waals surface area (Å²) in [5.41, 5.74) is 1.16. The van der Waals surface area contributed by atoms with E-state index in [0.717, 1.165) is 23.5 Å². The standard InChI is InChI=1S/C11H13N3O2S/c1-7-2-5-17-9(7)11-13-10(14-16-11)8-6-12-3-4-15-8/h2,5,8,12H,3-4,6H2,1H3. The highest BCUT2D eigenvalue weighted by Gasteiger charge is 2.22. The van der Waals surface area contributed by atoms with E-state index in [0.29, 0.717) is 18.3 Å². The average molecular weight is 251 g/mol. The Bertz CT molecular complexity index is 502. The van der Waals surface area contributed by atoms with Crippen LogP contribution in [-0.4, -0.2) is 29.8 Å². The summed E-state index contributed by atoms with van der Waals surface area (Å²) in [7, 11) is 0. The van der Waals surface area contributed by atoms with Gasteiger partial charge in [-0.05, 0) is 23.9 Å². The Balaban J connectivity index is 1.85. The largest absolute Gasteiger partial charge is 0.367 e. The van der Waals surface area contributed by atoms with Crippen LogP contribution in [0.4, 0.5) is 0 Å². The summed E-state index contributed by atoms with van der Waals surface area (Å²) < 4.78 is 10.9. The van der Waals surface area contributed by atoms with Crippen LogP contribution in [0.25, 0.3) is 10.8 Å². The number of rotatable bonds is 2. The van der Waals surface area contributed by atoms with Crippen LogP contribution in [0, 0.1) is 6.92 Å². The van der Waals surface area contributed by atoms with Crippen LogP contribution in [0.15, 0.2) is 16.0 Å². The van der Waals surface area contributed by atoms with E-state index in [4.69, 9.17) is 9.26 Å². The van der Waals surface area contributed by atoms with Gasteiger partial charge in [0.2, 0.25) is 5.82 Å². The van der Waals surface area contributed by atoms with Gasteiger partial charge in [-0.25, -0.2) is 0 Å². The number of hydrogen-bond donors (Lipinski definition) is 1. The van der Waals surface area contributed by atoms with E-state index < -0.39 is 0 Å². The zero-order chi connectivity index (χ0) is 11.7. The van der Waals surface area contributed by atoms with Crippen molar-refractivity contribution in [1.29, 1.82) is 0 Å². The summed E-state index contributed by atoms with van der Waals surface area (Å²) in [6.07, 6.45) is -0.0958. The van der Waals surface area contributed by atoms with Gasteiger partial charge in [-0.1, -0.05) is 5.16 Å². The first kappa shape index (κ1) is 10.9. The molecule has 1 aliphatic rings. The molecule has 0 bridgehead atoms. The van der Waals surface area contributed by atoms with E-state index in [1.165, 1.54) is 0 Å². The summed E-state index contributed by atoms with van der Waals surface area (Å²) >= 11 is 1.61. The molecule has 1 atom stereocenters. The molecule has 0 aromatic carbocycles. The number of hydrogen-bond acceptors (Lipinski definition) is 6. The van der Waals surface area contributed by atoms with Crippen LogP contribution in [0.3, 0.4) is 0 Å². The first-order valence-electron chi connectivity index (χ1n) is 5.55. The van der Waals surface area contributed by atoms with E-state index in [-0.39, 0.29) is 6.10 Å². The predicted octanol–water partition coefficient (Wildman–Crippen LogP) is 1.77. The third kappa shape index (κ3) is 2.11. The van der Waals surface area contributed by atoms with Gasteiger partial charge in [0.25, 0.3) is 5.89 Å². The monoisotopic (exact) mass is 251 g/mol. The van der Waals surface area contributed by atoms with Crippen molar-refractivity contribution in [3.05, 3.63) is 22.8 Å². The number of aryl methyl sites for hydroxylation is 1. The highest BCUT2D eigenvalue weighted by molar-refractivity contribution is 7.13. The molecule has 90 valence electrons. The van der Waals surface area contributed by atoms with Gasteiger partial charge < -0.3 is 14.6 Å². The first-order valence-corrected chi connectivity index (χ1v) is 6.43. The first-order chi connectivity index (χ1) is 8.34. The Morgan fingerprint density at radius 2 is 2.47 bits per heavy atom. The fourth-order valence-corrected chi connectivity index (χ4v) is 2.63. The summed E-state index contributed by atoms with van der Waals surface area (Å²) in [6.45, 7) is 4.34. The number of morpholine rings is 1. The van der Waals surface area contributed by atoms with Gasteiger partial charge >= 0.3 is 0 Å². The van der Waals surface area contributed by atoms with Gasteiger partial charge in [0.05, 0.1) is 11.5 Å². The molecule has 6 heteroatoms. The van der Waals surface area contributed by atoms with Crippen molar-refractivity contribution in [3.8, 4) is 10.8 Å². The molecule has 2 aromatic heterocycles. The van der Waals surface area contributed by atoms with Crippen LogP contribution in [0.1, 0.15) is 17.5 Å². The van der Waals surface area contributed by atoms with Crippen LogP contribution >= 0.6 is 11.3 Å². The second-order valence-corrected chi connectivity index (χ2v) is 4.87. The molecule has 1 aliphatic heterocycles. The molecule has 0 saturated carbocycles. The molecule has 5 nitrogen and oxygen atoms in total. The van der Waals surface area contributed by atoms with Crippen LogP contribution in [0.5, 0.6) is 0 Å². The minimum atomic E-state index is -0.0958. The maximum Gasteiger partial charge on any atom is 0.268 e. The van der Waals surface area contributed by atoms with Crippen molar-refractivity contribution in [2.45, 2.75) is 13.0 Å². The maximum absolute atomic E-state index is 5.58. The molecule has 1 saturated heterocycles. The number of nitrogens with zero attached hydrogens (tertiary/aromatic N) is 2. The van der Waals surface area contributed by atoms with Crippen molar-refractivity contribution in [3.63, 3.8) is 0 Å². The van der Waals surface area contributed by atoms with E-state index in [1.54, 1.807) is 11.3 Å². The number of thiophene rings is 1. The molecule has 1 N–H and O–H groups in total. The molecule has 0 amide bonds. The summed E-state index contributed by atoms with van der Waals surface area (Å²) in [6, 6.07) is 2.04. The summed E-state index contributed by atoms with van der Waals surface area (Å²) in [5, 5.41) is 9.26. The second-order valence-electron chi connectivity index (χ2n) is 3.95. The topological polar surface area (TPSA) is 60.2 Å². The maximum atomic E-state index is 5.58. The lowest BCUT2D eigenvalue weighted by Crippen LogP contribution is -2.33. The van der Waals surface area contributed by atoms with Gasteiger partial charge in [0.1, 0.15) is 6.10 Å². The van der Waals surface area contributed by atoms with Crippen LogP contribution < -0.4 is 5.32 Å². The van der Waals surface area contributed by atoms with E-state index in [9.17, 15) is 0 Å². The third-order valence-electron chi connectivity index (χ3n) is 2.71. The molecule has 3 rings (SSSR count). The van der Waals surface area contributed by atoms with Gasteiger partial charge in [-0.15, -0.1) is 11.3 Å². The van der Waals surface area contributed by atoms with Gasteiger partial charge in [-0.3, -0.25) is 0 Å². The van der Waals surface area contributed by atoms with Gasteiger partial charge in [0.15, 0.2) is 0 Å². The van der Waals surface area contributed by atoms with Crippen molar-refractivity contribution >= 4 is 11.3 Å². The van der Waals surface area contributed by atoms with Crippen LogP contribution in [-0.2, 0) is 4.74 Å². The number of ether oxygens (including phenoxy) is 1. The Morgan fingerprint density at radius 3 is 3.18 bits per heavy atom. The Kier molecular flexibility index (Phi) is 2.92. The highest BCUT2D eigenvalue weighted by Crippen LogP contribution is 2.28. The van der Waals surface area contributed by atoms with E-state index in [1.807, 2.05) is 18.4 Å². The lowest BCUT2D eigenvalue weighted by molar-refractivity contribution is 0.0208. The molecule has 3 heterocycles. The molecule has 0 radical (unpaired) electrons. The summed E-state index contributed by atoms with van der Waals surface area (Å²) in [5.74, 6) is 1.21. The molecule has 17 heavy (non-hydrogen) atoms. The minimum Gasteiger partial charge on any atom is -0.367 e. The van der Waals surface area contributed by atoms with E-state index in [2.05, 4.69) is 15.5 Å². The molecular formula is C11H13N3O2S. The number of nitrogens with one attached hydrogen (secondary N) is 1. The zero-order valence-corrected chi connectivity index (χ0v) is 10.3. The number of aromatic nitrogens is 2. The SMILES string of the molecule is Cc1ccsc1-c1nc(C2CNCCO2)no1. The molecular weight excluding hydrogens is 238 g/mol. The molecule has 2 aromatic rings. The smallest absolute Gasteiger partial charge is 0.268 e. The Labute approximate surface area is 103 Å². The molecule has 0 spiro atoms. The fourth-order valence-electron chi connectivity index (χ4n) is 1.78. The normalized spacial score (nSPS) is 20.6. The van der Waals surface area contributed by atoms with Crippen molar-refractivity contribution in [2.75, 3.05) is 19.7 Å². The third-order valence-corrected chi connectivity index (χ3v) is 3.72. The second kappa shape index (κ2) is 4.56. The fraction of sp³-hybridized carbons (Fsp3) is 0.455. The van der Waals surface area contributed by atoms with Gasteiger partial charge in [0, 0.05) is 13.1 Å². The lowest BCUT2D eigenvalue weighted by Gasteiger charge is -2.20. The Hall–Kier alpha value is -1.24.